The van der Waals surface area contributed by atoms with E-state index in [4.69, 9.17) is 0 Å². The van der Waals surface area contributed by atoms with Gasteiger partial charge in [-0.25, -0.2) is 0 Å². The van der Waals surface area contributed by atoms with E-state index in [1.54, 1.807) is 0 Å². The molecule has 8 nitrogen and oxygen atoms in total. The van der Waals surface area contributed by atoms with Gasteiger partial charge in [-0.1, -0.05) is 36.4 Å². The average Bonchev–Trinajstić information content (AvgIpc) is 2.81. The van der Waals surface area contributed by atoms with Gasteiger partial charge in [0.15, 0.2) is 0 Å². The minimum absolute atomic E-state index is 0.0103. The lowest BCUT2D eigenvalue weighted by Gasteiger charge is -2.16. The highest BCUT2D eigenvalue weighted by atomic mass is 19.3. The van der Waals surface area contributed by atoms with Crippen LogP contribution < -0.4 is 15.4 Å². The maximum Gasteiger partial charge on any atom is 0.387 e. The molecular formula is C24H21F2N3O5. The number of ether oxygens (including phenoxy) is 1. The van der Waals surface area contributed by atoms with Crippen molar-refractivity contribution in [3.8, 4) is 5.75 Å². The van der Waals surface area contributed by atoms with E-state index in [0.717, 1.165) is 11.6 Å². The maximum atomic E-state index is 12.8. The van der Waals surface area contributed by atoms with Crippen molar-refractivity contribution < 1.29 is 28.0 Å². The first-order valence-electron chi connectivity index (χ1n) is 10.2. The molecule has 0 aromatic heterocycles. The molecule has 0 unspecified atom stereocenters. The summed E-state index contributed by atoms with van der Waals surface area (Å²) in [6.07, 6.45) is 0.297. The Bertz CT molecular complexity index is 1190. The number of amides is 2. The van der Waals surface area contributed by atoms with Crippen molar-refractivity contribution in [2.75, 3.05) is 5.32 Å². The Morgan fingerprint density at radius 2 is 1.76 bits per heavy atom. The largest absolute Gasteiger partial charge is 0.435 e. The van der Waals surface area contributed by atoms with Gasteiger partial charge >= 0.3 is 6.61 Å². The second kappa shape index (κ2) is 11.0. The van der Waals surface area contributed by atoms with Gasteiger partial charge in [-0.3, -0.25) is 19.7 Å². The number of carbonyl (C=O) groups excluding carboxylic acids is 2. The van der Waals surface area contributed by atoms with Crippen LogP contribution in [0.2, 0.25) is 0 Å². The molecule has 176 valence electrons. The van der Waals surface area contributed by atoms with Crippen molar-refractivity contribution in [3.63, 3.8) is 0 Å². The zero-order chi connectivity index (χ0) is 24.7. The van der Waals surface area contributed by atoms with Gasteiger partial charge in [0.25, 0.3) is 11.6 Å². The lowest BCUT2D eigenvalue weighted by molar-refractivity contribution is -0.384. The van der Waals surface area contributed by atoms with Gasteiger partial charge in [-0.05, 0) is 36.8 Å². The van der Waals surface area contributed by atoms with Gasteiger partial charge in [0.1, 0.15) is 11.8 Å². The third kappa shape index (κ3) is 6.58. The van der Waals surface area contributed by atoms with E-state index in [1.807, 2.05) is 30.3 Å². The number of halogens is 2. The Morgan fingerprint density at radius 1 is 1.03 bits per heavy atom. The first-order chi connectivity index (χ1) is 16.2. The average molecular weight is 469 g/mol. The first kappa shape index (κ1) is 24.3. The summed E-state index contributed by atoms with van der Waals surface area (Å²) >= 11 is 0. The Balaban J connectivity index is 1.71. The van der Waals surface area contributed by atoms with Crippen LogP contribution in [-0.2, 0) is 11.2 Å². The van der Waals surface area contributed by atoms with E-state index < -0.39 is 29.4 Å². The summed E-state index contributed by atoms with van der Waals surface area (Å²) < 4.78 is 30.2. The predicted octanol–water partition coefficient (Wildman–Crippen LogP) is 4.54. The lowest BCUT2D eigenvalue weighted by Crippen LogP contribution is -2.41. The third-order valence-corrected chi connectivity index (χ3v) is 4.84. The molecule has 2 amide bonds. The van der Waals surface area contributed by atoms with Crippen LogP contribution in [0, 0.1) is 10.1 Å². The zero-order valence-corrected chi connectivity index (χ0v) is 18.0. The highest BCUT2D eigenvalue weighted by Gasteiger charge is 2.19. The molecule has 0 heterocycles. The van der Waals surface area contributed by atoms with E-state index in [9.17, 15) is 28.5 Å². The second-order valence-electron chi connectivity index (χ2n) is 7.36. The van der Waals surface area contributed by atoms with Crippen LogP contribution in [0.5, 0.6) is 5.75 Å². The van der Waals surface area contributed by atoms with E-state index in [-0.39, 0.29) is 17.0 Å². The fourth-order valence-corrected chi connectivity index (χ4v) is 3.18. The fourth-order valence-electron chi connectivity index (χ4n) is 3.18. The van der Waals surface area contributed by atoms with E-state index >= 15 is 0 Å². The van der Waals surface area contributed by atoms with Crippen LogP contribution in [0.4, 0.5) is 20.2 Å². The minimum Gasteiger partial charge on any atom is -0.435 e. The van der Waals surface area contributed by atoms with Gasteiger partial charge < -0.3 is 15.4 Å². The Morgan fingerprint density at radius 3 is 2.44 bits per heavy atom. The highest BCUT2D eigenvalue weighted by molar-refractivity contribution is 6.01. The molecule has 0 saturated carbocycles. The molecule has 0 saturated heterocycles. The number of hydrogen-bond donors (Lipinski definition) is 2. The molecule has 0 aliphatic rings. The van der Waals surface area contributed by atoms with Crippen molar-refractivity contribution >= 4 is 23.2 Å². The molecule has 0 bridgehead atoms. The molecule has 0 radical (unpaired) electrons. The van der Waals surface area contributed by atoms with Gasteiger partial charge in [-0.15, -0.1) is 0 Å². The van der Waals surface area contributed by atoms with Gasteiger partial charge in [0.05, 0.1) is 4.92 Å². The Labute approximate surface area is 193 Å². The van der Waals surface area contributed by atoms with Gasteiger partial charge in [-0.2, -0.15) is 8.78 Å². The normalized spacial score (nSPS) is 11.5. The van der Waals surface area contributed by atoms with Crippen LogP contribution in [0.25, 0.3) is 0 Å². The van der Waals surface area contributed by atoms with Crippen LogP contribution in [0.15, 0.2) is 72.8 Å². The molecule has 3 aromatic rings. The lowest BCUT2D eigenvalue weighted by atomic mass is 10.0. The summed E-state index contributed by atoms with van der Waals surface area (Å²) in [6.45, 7) is -1.55. The number of carbonyl (C=O) groups is 2. The minimum atomic E-state index is -3.00. The van der Waals surface area contributed by atoms with Crippen molar-refractivity contribution in [1.82, 2.24) is 5.32 Å². The predicted molar refractivity (Wildman–Crippen MR) is 121 cm³/mol. The summed E-state index contributed by atoms with van der Waals surface area (Å²) in [7, 11) is 0. The monoisotopic (exact) mass is 469 g/mol. The Hall–Kier alpha value is -4.34. The molecule has 3 rings (SSSR count). The summed E-state index contributed by atoms with van der Waals surface area (Å²) in [4.78, 5) is 35.3. The van der Waals surface area contributed by atoms with E-state index in [2.05, 4.69) is 15.4 Å². The molecule has 34 heavy (non-hydrogen) atoms. The van der Waals surface area contributed by atoms with Crippen LogP contribution in [0.1, 0.15) is 28.4 Å². The number of nitro benzene ring substituents is 1. The highest BCUT2D eigenvalue weighted by Crippen LogP contribution is 2.27. The molecular weight excluding hydrogens is 448 g/mol. The molecule has 10 heteroatoms. The van der Waals surface area contributed by atoms with Gasteiger partial charge in [0.2, 0.25) is 5.91 Å². The maximum absolute atomic E-state index is 12.8. The molecule has 1 atom stereocenters. The van der Waals surface area contributed by atoms with Crippen molar-refractivity contribution in [2.45, 2.75) is 26.0 Å². The van der Waals surface area contributed by atoms with Crippen molar-refractivity contribution in [2.24, 2.45) is 0 Å². The number of nitrogens with zero attached hydrogens (tertiary/aromatic N) is 1. The second-order valence-corrected chi connectivity index (χ2v) is 7.36. The zero-order valence-electron chi connectivity index (χ0n) is 18.0. The number of non-ortho nitro benzene ring substituents is 1. The number of rotatable bonds is 9. The topological polar surface area (TPSA) is 111 Å². The van der Waals surface area contributed by atoms with E-state index in [0.29, 0.717) is 17.7 Å². The number of nitro groups is 1. The SMILES string of the molecule is C[C@H](NC(=O)c1cccc([N+](=O)[O-])c1)C(=O)Nc1ccc(OC(F)F)c(Cc2ccccc2)c1. The summed E-state index contributed by atoms with van der Waals surface area (Å²) in [5.74, 6) is -1.23. The molecule has 0 spiro atoms. The first-order valence-corrected chi connectivity index (χ1v) is 10.2. The molecule has 0 aliphatic heterocycles. The summed E-state index contributed by atoms with van der Waals surface area (Å²) in [5.41, 5.74) is 1.42. The molecule has 3 aromatic carbocycles. The summed E-state index contributed by atoms with van der Waals surface area (Å²) in [6, 6.07) is 17.6. The fraction of sp³-hybridized carbons (Fsp3) is 0.167. The molecule has 0 fully saturated rings. The molecule has 0 aliphatic carbocycles. The van der Waals surface area contributed by atoms with E-state index in [1.165, 1.54) is 43.3 Å². The number of benzene rings is 3. The summed E-state index contributed by atoms with van der Waals surface area (Å²) in [5, 5.41) is 16.0. The smallest absolute Gasteiger partial charge is 0.387 e. The van der Waals surface area contributed by atoms with Crippen molar-refractivity contribution in [1.29, 1.82) is 0 Å². The van der Waals surface area contributed by atoms with Crippen LogP contribution in [-0.4, -0.2) is 29.4 Å². The Kier molecular flexibility index (Phi) is 7.86. The number of hydrogen-bond acceptors (Lipinski definition) is 5. The number of anilines is 1. The van der Waals surface area contributed by atoms with Crippen LogP contribution in [0.3, 0.4) is 0 Å². The van der Waals surface area contributed by atoms with Crippen molar-refractivity contribution in [3.05, 3.63) is 99.6 Å². The number of nitrogens with one attached hydrogen (secondary N) is 2. The number of alkyl halides is 2. The van der Waals surface area contributed by atoms with Gasteiger partial charge in [0, 0.05) is 35.4 Å². The quantitative estimate of drug-likeness (QED) is 0.353. The van der Waals surface area contributed by atoms with Crippen LogP contribution >= 0.6 is 0 Å². The molecule has 2 N–H and O–H groups in total. The standard InChI is InChI=1S/C24H21F2N3O5/c1-15(27-23(31)17-8-5-9-20(14-17)29(32)33)22(30)28-19-10-11-21(34-24(25)26)18(13-19)12-16-6-3-2-4-7-16/h2-11,13-15,24H,12H2,1H3,(H,27,31)(H,28,30)/t15-/m0/s1. The third-order valence-electron chi connectivity index (χ3n) is 4.84.